The fourth-order valence-corrected chi connectivity index (χ4v) is 1.97. The molecule has 0 aliphatic carbocycles. The van der Waals surface area contributed by atoms with Crippen molar-refractivity contribution in [1.29, 1.82) is 0 Å². The van der Waals surface area contributed by atoms with Crippen LogP contribution in [0, 0.1) is 0 Å². The van der Waals surface area contributed by atoms with E-state index in [9.17, 15) is 0 Å². The van der Waals surface area contributed by atoms with Crippen LogP contribution in [-0.2, 0) is 9.47 Å². The Kier molecular flexibility index (Phi) is 4.41. The average molecular weight is 253 g/mol. The average Bonchev–Trinajstić information content (AvgIpc) is 2.87. The van der Waals surface area contributed by atoms with Crippen LogP contribution in [0.5, 0.6) is 11.5 Å². The first-order valence-electron chi connectivity index (χ1n) is 5.97. The second-order valence-electron chi connectivity index (χ2n) is 4.08. The fourth-order valence-electron chi connectivity index (χ4n) is 1.97. The second kappa shape index (κ2) is 6.04. The van der Waals surface area contributed by atoms with Crippen molar-refractivity contribution in [3.63, 3.8) is 0 Å². The summed E-state index contributed by atoms with van der Waals surface area (Å²) in [6, 6.07) is 5.74. The van der Waals surface area contributed by atoms with Gasteiger partial charge in [-0.1, -0.05) is 6.07 Å². The van der Waals surface area contributed by atoms with E-state index in [4.69, 9.17) is 24.7 Å². The second-order valence-corrected chi connectivity index (χ2v) is 4.08. The maximum atomic E-state index is 5.76. The summed E-state index contributed by atoms with van der Waals surface area (Å²) in [6.07, 6.45) is 0.443. The maximum Gasteiger partial charge on any atom is 0.161 e. The molecule has 0 radical (unpaired) electrons. The molecule has 5 nitrogen and oxygen atoms in total. The van der Waals surface area contributed by atoms with Gasteiger partial charge in [0.1, 0.15) is 6.10 Å². The molecular formula is C13H19NO4. The Morgan fingerprint density at radius 2 is 2.06 bits per heavy atom. The lowest BCUT2D eigenvalue weighted by atomic mass is 10.1. The van der Waals surface area contributed by atoms with Gasteiger partial charge in [-0.25, -0.2) is 0 Å². The quantitative estimate of drug-likeness (QED) is 0.861. The van der Waals surface area contributed by atoms with Gasteiger partial charge in [0.05, 0.1) is 20.8 Å². The normalized spacial score (nSPS) is 23.1. The molecule has 5 heteroatoms. The molecule has 1 fully saturated rings. The SMILES string of the molecule is COc1ccc(C2COC(CCN)O2)cc1OC. The highest BCUT2D eigenvalue weighted by Gasteiger charge is 2.27. The molecule has 1 aromatic carbocycles. The van der Waals surface area contributed by atoms with E-state index in [1.165, 1.54) is 0 Å². The summed E-state index contributed by atoms with van der Waals surface area (Å²) in [7, 11) is 3.23. The fraction of sp³-hybridized carbons (Fsp3) is 0.538. The van der Waals surface area contributed by atoms with E-state index in [0.717, 1.165) is 5.56 Å². The third-order valence-corrected chi connectivity index (χ3v) is 2.93. The summed E-state index contributed by atoms with van der Waals surface area (Å²) in [5.74, 6) is 1.40. The molecule has 100 valence electrons. The van der Waals surface area contributed by atoms with Crippen LogP contribution in [0.1, 0.15) is 18.1 Å². The molecule has 1 aromatic rings. The van der Waals surface area contributed by atoms with E-state index in [2.05, 4.69) is 0 Å². The standard InChI is InChI=1S/C13H19NO4/c1-15-10-4-3-9(7-11(10)16-2)12-8-17-13(18-12)5-6-14/h3-4,7,12-13H,5-6,8,14H2,1-2H3. The molecule has 1 aliphatic heterocycles. The molecule has 2 unspecified atom stereocenters. The minimum Gasteiger partial charge on any atom is -0.493 e. The zero-order valence-electron chi connectivity index (χ0n) is 10.7. The number of benzene rings is 1. The summed E-state index contributed by atoms with van der Waals surface area (Å²) in [5, 5.41) is 0. The van der Waals surface area contributed by atoms with Crippen molar-refractivity contribution in [3.8, 4) is 11.5 Å². The minimum absolute atomic E-state index is 0.0682. The molecule has 0 amide bonds. The van der Waals surface area contributed by atoms with E-state index in [1.54, 1.807) is 14.2 Å². The van der Waals surface area contributed by atoms with Crippen molar-refractivity contribution in [1.82, 2.24) is 0 Å². The van der Waals surface area contributed by atoms with Crippen LogP contribution in [0.4, 0.5) is 0 Å². The van der Waals surface area contributed by atoms with Gasteiger partial charge in [0.15, 0.2) is 17.8 Å². The summed E-state index contributed by atoms with van der Waals surface area (Å²) in [4.78, 5) is 0. The Hall–Kier alpha value is -1.30. The van der Waals surface area contributed by atoms with E-state index in [0.29, 0.717) is 31.1 Å². The molecule has 0 saturated carbocycles. The van der Waals surface area contributed by atoms with Gasteiger partial charge in [-0.2, -0.15) is 0 Å². The van der Waals surface area contributed by atoms with E-state index < -0.39 is 0 Å². The van der Waals surface area contributed by atoms with E-state index >= 15 is 0 Å². The van der Waals surface area contributed by atoms with Gasteiger partial charge >= 0.3 is 0 Å². The number of ether oxygens (including phenoxy) is 4. The number of hydrogen-bond acceptors (Lipinski definition) is 5. The van der Waals surface area contributed by atoms with Gasteiger partial charge in [0, 0.05) is 6.42 Å². The minimum atomic E-state index is -0.201. The Morgan fingerprint density at radius 3 is 2.72 bits per heavy atom. The summed E-state index contributed by atoms with van der Waals surface area (Å²) >= 11 is 0. The van der Waals surface area contributed by atoms with Crippen LogP contribution in [-0.4, -0.2) is 33.7 Å². The van der Waals surface area contributed by atoms with Crippen molar-refractivity contribution in [3.05, 3.63) is 23.8 Å². The van der Waals surface area contributed by atoms with Crippen LogP contribution in [0.15, 0.2) is 18.2 Å². The Balaban J connectivity index is 2.10. The molecule has 0 aromatic heterocycles. The first kappa shape index (κ1) is 13.1. The van der Waals surface area contributed by atoms with Crippen molar-refractivity contribution < 1.29 is 18.9 Å². The van der Waals surface area contributed by atoms with Crippen molar-refractivity contribution in [2.75, 3.05) is 27.4 Å². The predicted octanol–water partition coefficient (Wildman–Crippen LogP) is 1.47. The molecule has 1 heterocycles. The molecular weight excluding hydrogens is 234 g/mol. The van der Waals surface area contributed by atoms with Gasteiger partial charge in [0.25, 0.3) is 0 Å². The van der Waals surface area contributed by atoms with Gasteiger partial charge in [-0.05, 0) is 24.2 Å². The van der Waals surface area contributed by atoms with Gasteiger partial charge in [0.2, 0.25) is 0 Å². The zero-order valence-corrected chi connectivity index (χ0v) is 10.7. The number of methoxy groups -OCH3 is 2. The first-order chi connectivity index (χ1) is 8.78. The lowest BCUT2D eigenvalue weighted by molar-refractivity contribution is -0.0606. The highest BCUT2D eigenvalue weighted by atomic mass is 16.7. The predicted molar refractivity (Wildman–Crippen MR) is 66.8 cm³/mol. The highest BCUT2D eigenvalue weighted by Crippen LogP contribution is 2.34. The monoisotopic (exact) mass is 253 g/mol. The van der Waals surface area contributed by atoms with Crippen LogP contribution < -0.4 is 15.2 Å². The smallest absolute Gasteiger partial charge is 0.161 e. The molecule has 0 spiro atoms. The van der Waals surface area contributed by atoms with Crippen molar-refractivity contribution in [2.24, 2.45) is 5.73 Å². The summed E-state index contributed by atoms with van der Waals surface area (Å²) < 4.78 is 21.7. The van der Waals surface area contributed by atoms with E-state index in [1.807, 2.05) is 18.2 Å². The highest BCUT2D eigenvalue weighted by molar-refractivity contribution is 5.43. The third-order valence-electron chi connectivity index (χ3n) is 2.93. The van der Waals surface area contributed by atoms with Gasteiger partial charge in [-0.15, -0.1) is 0 Å². The lowest BCUT2D eigenvalue weighted by Gasteiger charge is -2.13. The molecule has 2 rings (SSSR count). The summed E-state index contributed by atoms with van der Waals surface area (Å²) in [5.41, 5.74) is 6.50. The topological polar surface area (TPSA) is 62.9 Å². The lowest BCUT2D eigenvalue weighted by Crippen LogP contribution is -2.14. The number of nitrogens with two attached hydrogens (primary N) is 1. The van der Waals surface area contributed by atoms with E-state index in [-0.39, 0.29) is 12.4 Å². The molecule has 2 atom stereocenters. The van der Waals surface area contributed by atoms with Crippen molar-refractivity contribution >= 4 is 0 Å². The first-order valence-corrected chi connectivity index (χ1v) is 5.97. The van der Waals surface area contributed by atoms with Gasteiger partial charge < -0.3 is 24.7 Å². The zero-order chi connectivity index (χ0) is 13.0. The van der Waals surface area contributed by atoms with Crippen LogP contribution in [0.2, 0.25) is 0 Å². The maximum absolute atomic E-state index is 5.76. The Labute approximate surface area is 107 Å². The molecule has 18 heavy (non-hydrogen) atoms. The molecule has 2 N–H and O–H groups in total. The van der Waals surface area contributed by atoms with Crippen molar-refractivity contribution in [2.45, 2.75) is 18.8 Å². The third kappa shape index (κ3) is 2.75. The Bertz CT molecular complexity index is 397. The van der Waals surface area contributed by atoms with Crippen LogP contribution in [0.3, 0.4) is 0 Å². The largest absolute Gasteiger partial charge is 0.493 e. The molecule has 0 bridgehead atoms. The molecule has 1 aliphatic rings. The number of rotatable bonds is 5. The Morgan fingerprint density at radius 1 is 1.28 bits per heavy atom. The van der Waals surface area contributed by atoms with Gasteiger partial charge in [-0.3, -0.25) is 0 Å². The molecule has 1 saturated heterocycles. The summed E-state index contributed by atoms with van der Waals surface area (Å²) in [6.45, 7) is 1.10. The number of hydrogen-bond donors (Lipinski definition) is 1. The van der Waals surface area contributed by atoms with Crippen LogP contribution in [0.25, 0.3) is 0 Å². The van der Waals surface area contributed by atoms with Crippen LogP contribution >= 0.6 is 0 Å².